The minimum absolute atomic E-state index is 0.174. The van der Waals surface area contributed by atoms with Gasteiger partial charge in [-0.2, -0.15) is 0 Å². The fraction of sp³-hybridized carbons (Fsp3) is 0.120. The molecule has 1 aliphatic rings. The van der Waals surface area contributed by atoms with Gasteiger partial charge in [-0.3, -0.25) is 14.5 Å². The smallest absolute Gasteiger partial charge is 0.278 e. The lowest BCUT2D eigenvalue weighted by Crippen LogP contribution is -2.32. The van der Waals surface area contributed by atoms with E-state index in [0.717, 1.165) is 17.7 Å². The van der Waals surface area contributed by atoms with E-state index in [0.29, 0.717) is 15.6 Å². The monoisotopic (exact) mass is 450 g/mol. The maximum absolute atomic E-state index is 13.4. The molecule has 0 saturated carbocycles. The molecule has 1 aliphatic heterocycles. The van der Waals surface area contributed by atoms with Crippen molar-refractivity contribution in [3.05, 3.63) is 105 Å². The predicted molar refractivity (Wildman–Crippen MR) is 125 cm³/mol. The number of nitrogens with one attached hydrogen (secondary N) is 1. The number of rotatable bonds is 6. The number of benzene rings is 3. The maximum atomic E-state index is 13.4. The van der Waals surface area contributed by atoms with E-state index in [1.165, 1.54) is 10.5 Å². The molecular formula is C25H20Cl2N2O2. The first-order valence-corrected chi connectivity index (χ1v) is 10.7. The molecule has 1 N–H and O–H groups in total. The third-order valence-corrected chi connectivity index (χ3v) is 5.73. The largest absolute Gasteiger partial charge is 0.350 e. The first-order chi connectivity index (χ1) is 15.0. The average molecular weight is 451 g/mol. The van der Waals surface area contributed by atoms with Crippen LogP contribution in [0.2, 0.25) is 10.0 Å². The minimum Gasteiger partial charge on any atom is -0.350 e. The summed E-state index contributed by atoms with van der Waals surface area (Å²) in [5.41, 5.74) is 3.67. The molecule has 0 saturated heterocycles. The zero-order valence-corrected chi connectivity index (χ0v) is 18.4. The molecule has 0 atom stereocenters. The second kappa shape index (κ2) is 8.96. The van der Waals surface area contributed by atoms with Gasteiger partial charge in [-0.1, -0.05) is 78.7 Å². The quantitative estimate of drug-likeness (QED) is 0.472. The second-order valence-electron chi connectivity index (χ2n) is 7.23. The number of amides is 2. The molecule has 3 aromatic carbocycles. The van der Waals surface area contributed by atoms with E-state index in [1.54, 1.807) is 18.2 Å². The number of imide groups is 1. The van der Waals surface area contributed by atoms with E-state index in [9.17, 15) is 9.59 Å². The highest BCUT2D eigenvalue weighted by atomic mass is 35.5. The van der Waals surface area contributed by atoms with Crippen molar-refractivity contribution >= 4 is 46.3 Å². The molecule has 2 amide bonds. The SMILES string of the molecule is CCc1ccc(NC2=C(c3ccc(Cl)cc3Cl)C(=O)N(Cc3ccccc3)C2=O)cc1. The Kier molecular flexibility index (Phi) is 6.12. The van der Waals surface area contributed by atoms with E-state index >= 15 is 0 Å². The molecule has 0 unspecified atom stereocenters. The van der Waals surface area contributed by atoms with Crippen LogP contribution < -0.4 is 5.32 Å². The van der Waals surface area contributed by atoms with Crippen LogP contribution in [0, 0.1) is 0 Å². The van der Waals surface area contributed by atoms with Crippen molar-refractivity contribution in [1.29, 1.82) is 0 Å². The lowest BCUT2D eigenvalue weighted by molar-refractivity contribution is -0.137. The van der Waals surface area contributed by atoms with Crippen molar-refractivity contribution in [2.24, 2.45) is 0 Å². The van der Waals surface area contributed by atoms with Crippen molar-refractivity contribution in [2.75, 3.05) is 5.32 Å². The van der Waals surface area contributed by atoms with E-state index in [2.05, 4.69) is 12.2 Å². The fourth-order valence-corrected chi connectivity index (χ4v) is 4.01. The van der Waals surface area contributed by atoms with Crippen LogP contribution in [0.4, 0.5) is 5.69 Å². The van der Waals surface area contributed by atoms with E-state index in [4.69, 9.17) is 23.2 Å². The fourth-order valence-electron chi connectivity index (χ4n) is 3.51. The lowest BCUT2D eigenvalue weighted by Gasteiger charge is -2.15. The normalized spacial score (nSPS) is 13.8. The maximum Gasteiger partial charge on any atom is 0.278 e. The highest BCUT2D eigenvalue weighted by Crippen LogP contribution is 2.36. The highest BCUT2D eigenvalue weighted by Gasteiger charge is 2.40. The lowest BCUT2D eigenvalue weighted by atomic mass is 10.0. The summed E-state index contributed by atoms with van der Waals surface area (Å²) in [6.45, 7) is 2.25. The van der Waals surface area contributed by atoms with Crippen LogP contribution in [-0.2, 0) is 22.6 Å². The van der Waals surface area contributed by atoms with Crippen molar-refractivity contribution in [3.8, 4) is 0 Å². The molecule has 31 heavy (non-hydrogen) atoms. The van der Waals surface area contributed by atoms with E-state index < -0.39 is 11.8 Å². The van der Waals surface area contributed by atoms with Crippen LogP contribution in [0.25, 0.3) is 5.57 Å². The average Bonchev–Trinajstić information content (AvgIpc) is 2.99. The zero-order chi connectivity index (χ0) is 22.0. The van der Waals surface area contributed by atoms with Crippen LogP contribution in [0.5, 0.6) is 0 Å². The van der Waals surface area contributed by atoms with Crippen molar-refractivity contribution in [3.63, 3.8) is 0 Å². The van der Waals surface area contributed by atoms with Gasteiger partial charge in [0.2, 0.25) is 0 Å². The molecule has 3 aromatic rings. The summed E-state index contributed by atoms with van der Waals surface area (Å²) < 4.78 is 0. The number of halogens is 2. The molecular weight excluding hydrogens is 431 g/mol. The standard InChI is InChI=1S/C25H20Cl2N2O2/c1-2-16-8-11-19(12-9-16)28-23-22(20-13-10-18(26)14-21(20)27)24(30)29(25(23)31)15-17-6-4-3-5-7-17/h3-14,28H,2,15H2,1H3. The van der Waals surface area contributed by atoms with Gasteiger partial charge in [0.25, 0.3) is 11.8 Å². The molecule has 0 aliphatic carbocycles. The van der Waals surface area contributed by atoms with E-state index in [1.807, 2.05) is 54.6 Å². The van der Waals surface area contributed by atoms with Gasteiger partial charge in [-0.25, -0.2) is 0 Å². The summed E-state index contributed by atoms with van der Waals surface area (Å²) >= 11 is 12.5. The van der Waals surface area contributed by atoms with Crippen LogP contribution in [-0.4, -0.2) is 16.7 Å². The number of carbonyl (C=O) groups excluding carboxylic acids is 2. The number of hydrogen-bond donors (Lipinski definition) is 1. The molecule has 4 rings (SSSR count). The number of aryl methyl sites for hydroxylation is 1. The molecule has 4 nitrogen and oxygen atoms in total. The van der Waals surface area contributed by atoms with Crippen molar-refractivity contribution < 1.29 is 9.59 Å². The number of nitrogens with zero attached hydrogens (tertiary/aromatic N) is 1. The molecule has 0 fully saturated rings. The summed E-state index contributed by atoms with van der Waals surface area (Å²) in [5, 5.41) is 3.92. The Hall–Kier alpha value is -3.08. The third-order valence-electron chi connectivity index (χ3n) is 5.18. The van der Waals surface area contributed by atoms with E-state index in [-0.39, 0.29) is 17.8 Å². The first kappa shape index (κ1) is 21.2. The van der Waals surface area contributed by atoms with Gasteiger partial charge < -0.3 is 5.32 Å². The second-order valence-corrected chi connectivity index (χ2v) is 8.08. The Balaban J connectivity index is 1.76. The van der Waals surface area contributed by atoms with Gasteiger partial charge >= 0.3 is 0 Å². The number of hydrogen-bond acceptors (Lipinski definition) is 3. The Labute approximate surface area is 191 Å². The number of anilines is 1. The van der Waals surface area contributed by atoms with Gasteiger partial charge in [0.15, 0.2) is 0 Å². The van der Waals surface area contributed by atoms with Crippen molar-refractivity contribution in [1.82, 2.24) is 4.90 Å². The topological polar surface area (TPSA) is 49.4 Å². The zero-order valence-electron chi connectivity index (χ0n) is 16.9. The number of carbonyl (C=O) groups is 2. The molecule has 6 heteroatoms. The Bertz CT molecular complexity index is 1170. The van der Waals surface area contributed by atoms with Crippen LogP contribution >= 0.6 is 23.2 Å². The summed E-state index contributed by atoms with van der Waals surface area (Å²) in [4.78, 5) is 27.9. The molecule has 156 valence electrons. The molecule has 0 aromatic heterocycles. The Morgan fingerprint density at radius 2 is 1.55 bits per heavy atom. The Morgan fingerprint density at radius 3 is 2.19 bits per heavy atom. The summed E-state index contributed by atoms with van der Waals surface area (Å²) in [7, 11) is 0. The van der Waals surface area contributed by atoms with Crippen LogP contribution in [0.3, 0.4) is 0 Å². The Morgan fingerprint density at radius 1 is 0.839 bits per heavy atom. The predicted octanol–water partition coefficient (Wildman–Crippen LogP) is 5.95. The molecule has 0 spiro atoms. The van der Waals surface area contributed by atoms with Crippen LogP contribution in [0.1, 0.15) is 23.6 Å². The van der Waals surface area contributed by atoms with Gasteiger partial charge in [0, 0.05) is 16.3 Å². The first-order valence-electron chi connectivity index (χ1n) is 9.93. The van der Waals surface area contributed by atoms with Crippen molar-refractivity contribution in [2.45, 2.75) is 19.9 Å². The molecule has 0 bridgehead atoms. The summed E-state index contributed by atoms with van der Waals surface area (Å²) in [6, 6.07) is 22.0. The molecule has 1 heterocycles. The minimum atomic E-state index is -0.397. The third kappa shape index (κ3) is 4.36. The summed E-state index contributed by atoms with van der Waals surface area (Å²) in [5.74, 6) is -0.791. The van der Waals surface area contributed by atoms with Crippen LogP contribution in [0.15, 0.2) is 78.5 Å². The summed E-state index contributed by atoms with van der Waals surface area (Å²) in [6.07, 6.45) is 0.914. The highest BCUT2D eigenvalue weighted by molar-refractivity contribution is 6.41. The van der Waals surface area contributed by atoms with Gasteiger partial charge in [-0.05, 0) is 41.8 Å². The van der Waals surface area contributed by atoms with Gasteiger partial charge in [0.1, 0.15) is 5.70 Å². The molecule has 0 radical (unpaired) electrons. The van der Waals surface area contributed by atoms with Gasteiger partial charge in [0.05, 0.1) is 17.1 Å². The van der Waals surface area contributed by atoms with Gasteiger partial charge in [-0.15, -0.1) is 0 Å².